The molecule has 1 aliphatic rings. The number of nitrogens with zero attached hydrogens (tertiary/aromatic N) is 2. The summed E-state index contributed by atoms with van der Waals surface area (Å²) in [6.07, 6.45) is 0. The summed E-state index contributed by atoms with van der Waals surface area (Å²) >= 11 is 0. The van der Waals surface area contributed by atoms with Gasteiger partial charge in [0.25, 0.3) is 0 Å². The van der Waals surface area contributed by atoms with Gasteiger partial charge in [-0.3, -0.25) is 0 Å². The maximum atomic E-state index is 13.2. The fourth-order valence-corrected chi connectivity index (χ4v) is 4.97. The lowest BCUT2D eigenvalue weighted by Gasteiger charge is -2.30. The average molecular weight is 449 g/mol. The minimum Gasteiger partial charge on any atom is -0.493 e. The van der Waals surface area contributed by atoms with Gasteiger partial charge in [0.1, 0.15) is 0 Å². The molecule has 1 aliphatic heterocycles. The summed E-state index contributed by atoms with van der Waals surface area (Å²) in [5.41, 5.74) is 0.794. The molecule has 0 amide bonds. The molecule has 1 fully saturated rings. The molecule has 1 heterocycles. The van der Waals surface area contributed by atoms with Crippen molar-refractivity contribution in [2.45, 2.75) is 18.7 Å². The van der Waals surface area contributed by atoms with Gasteiger partial charge < -0.3 is 19.1 Å². The summed E-state index contributed by atoms with van der Waals surface area (Å²) in [4.78, 5) is 15.2. The van der Waals surface area contributed by atoms with E-state index in [1.807, 2.05) is 4.90 Å². The van der Waals surface area contributed by atoms with Crippen LogP contribution >= 0.6 is 0 Å². The van der Waals surface area contributed by atoms with E-state index in [0.717, 1.165) is 0 Å². The lowest BCUT2D eigenvalue weighted by Crippen LogP contribution is -2.37. The Hall–Kier alpha value is -2.62. The molecule has 0 N–H and O–H groups in total. The standard InChI is InChI=1S/C22H28N2O6S/c1-4-24(5-2)31(26,27)17-10-11-19(23-12-14-29-15-13-23)18(16-17)22(25)30-21-9-7-6-8-20(21)28-3/h6-11,16H,4-5,12-15H2,1-3H3. The van der Waals surface area contributed by atoms with Crippen LogP contribution in [0.3, 0.4) is 0 Å². The molecule has 0 radical (unpaired) electrons. The molecular weight excluding hydrogens is 420 g/mol. The summed E-state index contributed by atoms with van der Waals surface area (Å²) < 4.78 is 43.7. The number of morpholine rings is 1. The molecule has 31 heavy (non-hydrogen) atoms. The van der Waals surface area contributed by atoms with Crippen molar-refractivity contribution in [2.24, 2.45) is 0 Å². The van der Waals surface area contributed by atoms with Gasteiger partial charge in [0, 0.05) is 26.2 Å². The average Bonchev–Trinajstić information content (AvgIpc) is 2.80. The van der Waals surface area contributed by atoms with Gasteiger partial charge in [0.05, 0.1) is 36.5 Å². The van der Waals surface area contributed by atoms with Crippen molar-refractivity contribution in [3.05, 3.63) is 48.0 Å². The van der Waals surface area contributed by atoms with Gasteiger partial charge in [-0.1, -0.05) is 26.0 Å². The Morgan fingerprint density at radius 2 is 1.71 bits per heavy atom. The zero-order valence-electron chi connectivity index (χ0n) is 18.0. The highest BCUT2D eigenvalue weighted by atomic mass is 32.2. The number of hydrogen-bond acceptors (Lipinski definition) is 7. The zero-order valence-corrected chi connectivity index (χ0v) is 18.9. The van der Waals surface area contributed by atoms with Crippen LogP contribution in [0.4, 0.5) is 5.69 Å². The predicted octanol–water partition coefficient (Wildman–Crippen LogP) is 2.78. The molecule has 3 rings (SSSR count). The molecule has 2 aromatic carbocycles. The highest BCUT2D eigenvalue weighted by Gasteiger charge is 2.27. The first-order valence-electron chi connectivity index (χ1n) is 10.2. The highest BCUT2D eigenvalue weighted by molar-refractivity contribution is 7.89. The second-order valence-electron chi connectivity index (χ2n) is 6.91. The molecule has 168 valence electrons. The van der Waals surface area contributed by atoms with Crippen LogP contribution in [0.25, 0.3) is 0 Å². The number of methoxy groups -OCH3 is 1. The normalized spacial score (nSPS) is 14.5. The first-order valence-corrected chi connectivity index (χ1v) is 11.7. The third-order valence-corrected chi connectivity index (χ3v) is 7.20. The summed E-state index contributed by atoms with van der Waals surface area (Å²) in [5.74, 6) is 0.0261. The highest BCUT2D eigenvalue weighted by Crippen LogP contribution is 2.31. The monoisotopic (exact) mass is 448 g/mol. The molecule has 0 bridgehead atoms. The summed E-state index contributed by atoms with van der Waals surface area (Å²) in [5, 5.41) is 0. The van der Waals surface area contributed by atoms with Crippen molar-refractivity contribution in [1.82, 2.24) is 4.31 Å². The minimum atomic E-state index is -3.73. The number of hydrogen-bond donors (Lipinski definition) is 0. The van der Waals surface area contributed by atoms with Gasteiger partial charge in [0.15, 0.2) is 11.5 Å². The lowest BCUT2D eigenvalue weighted by atomic mass is 10.1. The number of rotatable bonds is 8. The Labute approximate surface area is 183 Å². The number of anilines is 1. The van der Waals surface area contributed by atoms with Crippen LogP contribution in [0.1, 0.15) is 24.2 Å². The van der Waals surface area contributed by atoms with E-state index in [1.165, 1.54) is 17.5 Å². The van der Waals surface area contributed by atoms with Crippen molar-refractivity contribution < 1.29 is 27.4 Å². The summed E-state index contributed by atoms with van der Waals surface area (Å²) in [6.45, 7) is 6.48. The molecule has 0 aliphatic carbocycles. The molecular formula is C22H28N2O6S. The number of carbonyl (C=O) groups is 1. The van der Waals surface area contributed by atoms with E-state index in [0.29, 0.717) is 50.8 Å². The fourth-order valence-electron chi connectivity index (χ4n) is 3.49. The van der Waals surface area contributed by atoms with E-state index in [1.54, 1.807) is 50.2 Å². The van der Waals surface area contributed by atoms with Gasteiger partial charge in [-0.25, -0.2) is 13.2 Å². The number of ether oxygens (including phenoxy) is 3. The molecule has 0 spiro atoms. The third-order valence-electron chi connectivity index (χ3n) is 5.15. The van der Waals surface area contributed by atoms with Gasteiger partial charge in [-0.2, -0.15) is 4.31 Å². The first kappa shape index (κ1) is 23.1. The van der Waals surface area contributed by atoms with Crippen LogP contribution in [0, 0.1) is 0 Å². The van der Waals surface area contributed by atoms with E-state index in [-0.39, 0.29) is 16.2 Å². The molecule has 0 saturated carbocycles. The third kappa shape index (κ3) is 5.00. The fraction of sp³-hybridized carbons (Fsp3) is 0.409. The van der Waals surface area contributed by atoms with E-state index < -0.39 is 16.0 Å². The van der Waals surface area contributed by atoms with Crippen LogP contribution in [0.15, 0.2) is 47.4 Å². The molecule has 0 atom stereocenters. The number of para-hydroxylation sites is 2. The van der Waals surface area contributed by atoms with Crippen LogP contribution in [0.5, 0.6) is 11.5 Å². The van der Waals surface area contributed by atoms with Crippen molar-refractivity contribution in [1.29, 1.82) is 0 Å². The second-order valence-corrected chi connectivity index (χ2v) is 8.85. The van der Waals surface area contributed by atoms with Gasteiger partial charge >= 0.3 is 5.97 Å². The molecule has 2 aromatic rings. The van der Waals surface area contributed by atoms with Crippen LogP contribution < -0.4 is 14.4 Å². The minimum absolute atomic E-state index is 0.0557. The SMILES string of the molecule is CCN(CC)S(=O)(=O)c1ccc(N2CCOCC2)c(C(=O)Oc2ccccc2OC)c1. The van der Waals surface area contributed by atoms with Crippen molar-refractivity contribution in [3.8, 4) is 11.5 Å². The number of benzene rings is 2. The summed E-state index contributed by atoms with van der Waals surface area (Å²) in [6, 6.07) is 11.4. The van der Waals surface area contributed by atoms with Crippen LogP contribution in [-0.4, -0.2) is 65.2 Å². The molecule has 8 nitrogen and oxygen atoms in total. The van der Waals surface area contributed by atoms with Crippen molar-refractivity contribution in [2.75, 3.05) is 51.4 Å². The Bertz CT molecular complexity index is 1010. The Morgan fingerprint density at radius 1 is 1.06 bits per heavy atom. The lowest BCUT2D eigenvalue weighted by molar-refractivity contribution is 0.0729. The number of carbonyl (C=O) groups excluding carboxylic acids is 1. The topological polar surface area (TPSA) is 85.4 Å². The molecule has 9 heteroatoms. The Balaban J connectivity index is 2.04. The smallest absolute Gasteiger partial charge is 0.345 e. The van der Waals surface area contributed by atoms with E-state index in [4.69, 9.17) is 14.2 Å². The molecule has 1 saturated heterocycles. The maximum absolute atomic E-state index is 13.2. The maximum Gasteiger partial charge on any atom is 0.345 e. The van der Waals surface area contributed by atoms with Gasteiger partial charge in [0.2, 0.25) is 10.0 Å². The van der Waals surface area contributed by atoms with Gasteiger partial charge in [-0.05, 0) is 30.3 Å². The second kappa shape index (κ2) is 10.1. The van der Waals surface area contributed by atoms with Crippen molar-refractivity contribution in [3.63, 3.8) is 0 Å². The van der Waals surface area contributed by atoms with E-state index in [2.05, 4.69) is 0 Å². The predicted molar refractivity (Wildman–Crippen MR) is 118 cm³/mol. The van der Waals surface area contributed by atoms with E-state index >= 15 is 0 Å². The molecule has 0 unspecified atom stereocenters. The van der Waals surface area contributed by atoms with Gasteiger partial charge in [-0.15, -0.1) is 0 Å². The van der Waals surface area contributed by atoms with Crippen molar-refractivity contribution >= 4 is 21.7 Å². The number of sulfonamides is 1. The largest absolute Gasteiger partial charge is 0.493 e. The first-order chi connectivity index (χ1) is 14.9. The zero-order chi connectivity index (χ0) is 22.4. The summed E-state index contributed by atoms with van der Waals surface area (Å²) in [7, 11) is -2.24. The molecule has 0 aromatic heterocycles. The quantitative estimate of drug-likeness (QED) is 0.453. The van der Waals surface area contributed by atoms with E-state index in [9.17, 15) is 13.2 Å². The van der Waals surface area contributed by atoms with Crippen LogP contribution in [-0.2, 0) is 14.8 Å². The number of esters is 1. The Kier molecular flexibility index (Phi) is 7.53. The Morgan fingerprint density at radius 3 is 2.32 bits per heavy atom. The van der Waals surface area contributed by atoms with Crippen LogP contribution in [0.2, 0.25) is 0 Å².